The van der Waals surface area contributed by atoms with Crippen LogP contribution in [0, 0.1) is 0 Å². The number of methoxy groups -OCH3 is 2. The molecule has 1 atom stereocenters. The summed E-state index contributed by atoms with van der Waals surface area (Å²) >= 11 is 0. The van der Waals surface area contributed by atoms with Crippen molar-refractivity contribution < 1.29 is 13.9 Å². The molecule has 0 aliphatic heterocycles. The second-order valence-electron chi connectivity index (χ2n) is 4.49. The van der Waals surface area contributed by atoms with Gasteiger partial charge in [0.05, 0.1) is 20.4 Å². The van der Waals surface area contributed by atoms with Gasteiger partial charge in [0.2, 0.25) is 0 Å². The van der Waals surface area contributed by atoms with Crippen molar-refractivity contribution in [1.29, 1.82) is 0 Å². The molecule has 0 amide bonds. The number of benzene rings is 1. The minimum absolute atomic E-state index is 0.466. The van der Waals surface area contributed by atoms with Gasteiger partial charge in [-0.05, 0) is 24.6 Å². The highest BCUT2D eigenvalue weighted by atomic mass is 19.1. The Hall–Kier alpha value is -2.24. The van der Waals surface area contributed by atoms with Gasteiger partial charge in [0.15, 0.2) is 11.5 Å². The zero-order valence-electron chi connectivity index (χ0n) is 12.0. The Morgan fingerprint density at radius 1 is 1.25 bits per heavy atom. The molecule has 1 aromatic heterocycles. The third kappa shape index (κ3) is 2.29. The summed E-state index contributed by atoms with van der Waals surface area (Å²) < 4.78 is 25.8. The molecule has 5 nitrogen and oxygen atoms in total. The largest absolute Gasteiger partial charge is 0.493 e. The first-order chi connectivity index (χ1) is 9.49. The van der Waals surface area contributed by atoms with E-state index in [0.29, 0.717) is 34.0 Å². The molecule has 1 unspecified atom stereocenters. The fourth-order valence-corrected chi connectivity index (χ4v) is 2.07. The maximum atomic E-state index is 13.6. The summed E-state index contributed by atoms with van der Waals surface area (Å²) in [5.41, 5.74) is 7.84. The molecule has 6 heteroatoms. The maximum absolute atomic E-state index is 13.6. The molecule has 1 aromatic carbocycles. The smallest absolute Gasteiger partial charge is 0.168 e. The van der Waals surface area contributed by atoms with Gasteiger partial charge in [-0.15, -0.1) is 0 Å². The number of hydrogen-bond donors (Lipinski definition) is 1. The molecular formula is C14H18FN3O2. The fraction of sp³-hybridized carbons (Fsp3) is 0.357. The number of nitrogens with two attached hydrogens (primary N) is 1. The summed E-state index contributed by atoms with van der Waals surface area (Å²) in [6, 6.07) is 3.33. The molecule has 0 fully saturated rings. The molecule has 0 saturated heterocycles. The highest BCUT2D eigenvalue weighted by Gasteiger charge is 2.19. The van der Waals surface area contributed by atoms with Gasteiger partial charge in [0, 0.05) is 18.2 Å². The van der Waals surface area contributed by atoms with Crippen molar-refractivity contribution >= 4 is 5.82 Å². The van der Waals surface area contributed by atoms with Crippen molar-refractivity contribution in [2.45, 2.75) is 13.1 Å². The first-order valence-corrected chi connectivity index (χ1v) is 6.17. The molecular weight excluding hydrogens is 261 g/mol. The van der Waals surface area contributed by atoms with Crippen LogP contribution in [0.3, 0.4) is 0 Å². The number of anilines is 1. The summed E-state index contributed by atoms with van der Waals surface area (Å²) in [5.74, 6) is 1.46. The van der Waals surface area contributed by atoms with E-state index < -0.39 is 6.17 Å². The van der Waals surface area contributed by atoms with Crippen LogP contribution in [0.5, 0.6) is 11.5 Å². The number of nitrogens with zero attached hydrogens (tertiary/aromatic N) is 2. The second kappa shape index (κ2) is 5.40. The molecule has 108 valence electrons. The lowest BCUT2D eigenvalue weighted by Gasteiger charge is -2.15. The first-order valence-electron chi connectivity index (χ1n) is 6.17. The van der Waals surface area contributed by atoms with Crippen LogP contribution >= 0.6 is 0 Å². The van der Waals surface area contributed by atoms with Crippen LogP contribution in [-0.4, -0.2) is 24.0 Å². The number of nitrogen functional groups attached to an aromatic ring is 1. The van der Waals surface area contributed by atoms with Crippen LogP contribution in [0.15, 0.2) is 18.3 Å². The number of aromatic nitrogens is 2. The molecule has 2 N–H and O–H groups in total. The van der Waals surface area contributed by atoms with Gasteiger partial charge in [0.1, 0.15) is 12.0 Å². The van der Waals surface area contributed by atoms with Gasteiger partial charge >= 0.3 is 0 Å². The molecule has 2 aromatic rings. The molecule has 20 heavy (non-hydrogen) atoms. The quantitative estimate of drug-likeness (QED) is 0.934. The summed E-state index contributed by atoms with van der Waals surface area (Å²) in [4.78, 5) is 0. The van der Waals surface area contributed by atoms with Crippen molar-refractivity contribution in [3.05, 3.63) is 23.9 Å². The summed E-state index contributed by atoms with van der Waals surface area (Å²) in [6.45, 7) is 1.47. The molecule has 0 spiro atoms. The van der Waals surface area contributed by atoms with E-state index in [1.165, 1.54) is 21.1 Å². The predicted octanol–water partition coefficient (Wildman–Crippen LogP) is 2.72. The summed E-state index contributed by atoms with van der Waals surface area (Å²) in [6.07, 6.45) is 0.505. The lowest BCUT2D eigenvalue weighted by atomic mass is 10.0. The fourth-order valence-electron chi connectivity index (χ4n) is 2.07. The normalized spacial score (nSPS) is 12.2. The van der Waals surface area contributed by atoms with E-state index in [0.717, 1.165) is 0 Å². The number of alkyl halides is 1. The number of rotatable bonds is 4. The Morgan fingerprint density at radius 2 is 1.95 bits per heavy atom. The average molecular weight is 279 g/mol. The van der Waals surface area contributed by atoms with Gasteiger partial charge in [-0.25, -0.2) is 4.39 Å². The van der Waals surface area contributed by atoms with Crippen LogP contribution in [0.25, 0.3) is 11.1 Å². The van der Waals surface area contributed by atoms with Crippen molar-refractivity contribution in [2.24, 2.45) is 7.05 Å². The molecule has 0 aliphatic rings. The van der Waals surface area contributed by atoms with Crippen molar-refractivity contribution in [3.8, 4) is 22.6 Å². The third-order valence-corrected chi connectivity index (χ3v) is 3.24. The molecule has 0 aliphatic carbocycles. The van der Waals surface area contributed by atoms with E-state index in [2.05, 4.69) is 5.10 Å². The lowest BCUT2D eigenvalue weighted by molar-refractivity contribution is 0.348. The van der Waals surface area contributed by atoms with Crippen molar-refractivity contribution in [2.75, 3.05) is 20.0 Å². The van der Waals surface area contributed by atoms with E-state index >= 15 is 0 Å². The minimum Gasteiger partial charge on any atom is -0.493 e. The number of halogens is 1. The van der Waals surface area contributed by atoms with E-state index in [1.807, 2.05) is 0 Å². The highest BCUT2D eigenvalue weighted by molar-refractivity contribution is 5.81. The van der Waals surface area contributed by atoms with Gasteiger partial charge in [0.25, 0.3) is 0 Å². The van der Waals surface area contributed by atoms with E-state index in [1.54, 1.807) is 30.1 Å². The van der Waals surface area contributed by atoms with E-state index in [4.69, 9.17) is 15.2 Å². The van der Waals surface area contributed by atoms with Gasteiger partial charge in [-0.3, -0.25) is 4.68 Å². The first kappa shape index (κ1) is 14.2. The van der Waals surface area contributed by atoms with Gasteiger partial charge in [-0.1, -0.05) is 0 Å². The minimum atomic E-state index is -1.12. The SMILES string of the molecule is COc1cc(C(C)F)cc(-c2cnn(C)c2N)c1OC. The lowest BCUT2D eigenvalue weighted by Crippen LogP contribution is -2.00. The van der Waals surface area contributed by atoms with Crippen molar-refractivity contribution in [1.82, 2.24) is 9.78 Å². The number of aryl methyl sites for hydroxylation is 1. The molecule has 1 heterocycles. The molecule has 0 bridgehead atoms. The topological polar surface area (TPSA) is 62.3 Å². The van der Waals surface area contributed by atoms with Crippen LogP contribution < -0.4 is 15.2 Å². The Bertz CT molecular complexity index is 623. The molecule has 0 radical (unpaired) electrons. The van der Waals surface area contributed by atoms with Crippen LogP contribution in [-0.2, 0) is 7.05 Å². The van der Waals surface area contributed by atoms with Crippen LogP contribution in [0.1, 0.15) is 18.7 Å². The summed E-state index contributed by atoms with van der Waals surface area (Å²) in [5, 5.41) is 4.10. The Morgan fingerprint density at radius 3 is 2.40 bits per heavy atom. The summed E-state index contributed by atoms with van der Waals surface area (Å²) in [7, 11) is 4.79. The van der Waals surface area contributed by atoms with Gasteiger partial charge < -0.3 is 15.2 Å². The van der Waals surface area contributed by atoms with E-state index in [-0.39, 0.29) is 0 Å². The zero-order valence-corrected chi connectivity index (χ0v) is 12.0. The van der Waals surface area contributed by atoms with Crippen molar-refractivity contribution in [3.63, 3.8) is 0 Å². The Labute approximate surface area is 117 Å². The molecule has 0 saturated carbocycles. The Balaban J connectivity index is 2.72. The zero-order chi connectivity index (χ0) is 14.9. The van der Waals surface area contributed by atoms with Crippen LogP contribution in [0.4, 0.5) is 10.2 Å². The van der Waals surface area contributed by atoms with E-state index in [9.17, 15) is 4.39 Å². The predicted molar refractivity (Wildman–Crippen MR) is 75.7 cm³/mol. The maximum Gasteiger partial charge on any atom is 0.168 e. The second-order valence-corrected chi connectivity index (χ2v) is 4.49. The molecule has 2 rings (SSSR count). The Kier molecular flexibility index (Phi) is 3.83. The third-order valence-electron chi connectivity index (χ3n) is 3.24. The monoisotopic (exact) mass is 279 g/mol. The van der Waals surface area contributed by atoms with Crippen LogP contribution in [0.2, 0.25) is 0 Å². The number of hydrogen-bond acceptors (Lipinski definition) is 4. The number of ether oxygens (including phenoxy) is 2. The standard InChI is InChI=1S/C14H18FN3O2/c1-8(15)9-5-10(11-7-17-18(2)14(11)16)13(20-4)12(6-9)19-3/h5-8H,16H2,1-4H3. The highest BCUT2D eigenvalue weighted by Crippen LogP contribution is 2.42. The van der Waals surface area contributed by atoms with Gasteiger partial charge in [-0.2, -0.15) is 5.10 Å². The average Bonchev–Trinajstić information content (AvgIpc) is 2.77.